The van der Waals surface area contributed by atoms with Crippen LogP contribution in [0.15, 0.2) is 49.8 Å². The molecule has 98 valence electrons. The summed E-state index contributed by atoms with van der Waals surface area (Å²) in [6, 6.07) is 9.13. The van der Waals surface area contributed by atoms with E-state index >= 15 is 0 Å². The average Bonchev–Trinajstić information content (AvgIpc) is 2.34. The molecule has 6 heteroatoms. The van der Waals surface area contributed by atoms with Crippen LogP contribution in [0.4, 0.5) is 4.39 Å². The lowest BCUT2D eigenvalue weighted by Gasteiger charge is -2.09. The predicted molar refractivity (Wildman–Crippen MR) is 80.9 cm³/mol. The van der Waals surface area contributed by atoms with Crippen molar-refractivity contribution in [2.45, 2.75) is 0 Å². The summed E-state index contributed by atoms with van der Waals surface area (Å²) in [6.07, 6.45) is 0. The molecule has 0 amide bonds. The van der Waals surface area contributed by atoms with E-state index in [1.807, 2.05) is 0 Å². The zero-order chi connectivity index (χ0) is 14.0. The fourth-order valence-electron chi connectivity index (χ4n) is 1.40. The van der Waals surface area contributed by atoms with E-state index in [0.717, 1.165) is 4.47 Å². The van der Waals surface area contributed by atoms with Crippen LogP contribution in [-0.4, -0.2) is 5.97 Å². The van der Waals surface area contributed by atoms with Gasteiger partial charge in [0.25, 0.3) is 0 Å². The van der Waals surface area contributed by atoms with Crippen LogP contribution in [0.5, 0.6) is 5.75 Å². The minimum atomic E-state index is -0.748. The molecule has 0 aliphatic carbocycles. The summed E-state index contributed by atoms with van der Waals surface area (Å²) >= 11 is 9.88. The Kier molecular flexibility index (Phi) is 4.76. The van der Waals surface area contributed by atoms with Crippen molar-refractivity contribution in [1.82, 2.24) is 0 Å². The molecule has 2 aromatic carbocycles. The van der Waals surface area contributed by atoms with Gasteiger partial charge in [0.2, 0.25) is 0 Å². The molecule has 0 N–H and O–H groups in total. The molecule has 19 heavy (non-hydrogen) atoms. The molecule has 0 heterocycles. The molecule has 0 saturated heterocycles. The number of hydrogen-bond acceptors (Lipinski definition) is 2. The molecule has 0 aromatic heterocycles. The number of carbonyl (C=O) groups is 1. The molecule has 0 radical (unpaired) electrons. The second-order valence-corrected chi connectivity index (χ2v) is 6.19. The van der Waals surface area contributed by atoms with Gasteiger partial charge in [-0.25, -0.2) is 9.18 Å². The molecule has 0 aliphatic rings. The van der Waals surface area contributed by atoms with Crippen molar-refractivity contribution < 1.29 is 13.9 Å². The van der Waals surface area contributed by atoms with Gasteiger partial charge < -0.3 is 4.74 Å². The molecule has 2 aromatic rings. The number of benzene rings is 2. The highest BCUT2D eigenvalue weighted by Crippen LogP contribution is 2.36. The van der Waals surface area contributed by atoms with E-state index in [0.29, 0.717) is 14.7 Å². The maximum atomic E-state index is 13.5. The number of carbonyl (C=O) groups excluding carboxylic acids is 1. The summed E-state index contributed by atoms with van der Waals surface area (Å²) in [4.78, 5) is 11.9. The normalized spacial score (nSPS) is 10.3. The van der Waals surface area contributed by atoms with Crippen molar-refractivity contribution >= 4 is 53.8 Å². The number of esters is 1. The minimum absolute atomic E-state index is 0.107. The van der Waals surface area contributed by atoms with Crippen LogP contribution < -0.4 is 4.74 Å². The largest absolute Gasteiger partial charge is 0.420 e. The smallest absolute Gasteiger partial charge is 0.346 e. The molecule has 2 nitrogen and oxygen atoms in total. The van der Waals surface area contributed by atoms with Gasteiger partial charge in [0, 0.05) is 4.47 Å². The van der Waals surface area contributed by atoms with Gasteiger partial charge in [0.1, 0.15) is 5.82 Å². The summed E-state index contributed by atoms with van der Waals surface area (Å²) in [6.45, 7) is 0. The van der Waals surface area contributed by atoms with Gasteiger partial charge in [0.05, 0.1) is 14.5 Å². The highest BCUT2D eigenvalue weighted by Gasteiger charge is 2.17. The zero-order valence-corrected chi connectivity index (χ0v) is 14.1. The number of ether oxygens (including phenoxy) is 1. The molecule has 0 fully saturated rings. The van der Waals surface area contributed by atoms with Crippen molar-refractivity contribution in [1.29, 1.82) is 0 Å². The van der Waals surface area contributed by atoms with Gasteiger partial charge in [-0.3, -0.25) is 0 Å². The Bertz CT molecular complexity index is 621. The van der Waals surface area contributed by atoms with E-state index in [2.05, 4.69) is 47.8 Å². The molecular formula is C13H6Br3FO2. The Balaban J connectivity index is 2.32. The van der Waals surface area contributed by atoms with Crippen LogP contribution in [0.1, 0.15) is 10.4 Å². The van der Waals surface area contributed by atoms with E-state index in [-0.39, 0.29) is 5.56 Å². The molecule has 0 spiro atoms. The van der Waals surface area contributed by atoms with E-state index < -0.39 is 11.8 Å². The summed E-state index contributed by atoms with van der Waals surface area (Å²) in [5, 5.41) is 0. The fraction of sp³-hybridized carbons (Fsp3) is 0. The lowest BCUT2D eigenvalue weighted by Crippen LogP contribution is -2.11. The standard InChI is InChI=1S/C13H6Br3FO2/c14-7-5-9(15)12(10(16)6-7)19-13(18)8-3-1-2-4-11(8)17/h1-6H. The van der Waals surface area contributed by atoms with E-state index in [4.69, 9.17) is 4.74 Å². The van der Waals surface area contributed by atoms with Crippen molar-refractivity contribution in [3.8, 4) is 5.75 Å². The maximum absolute atomic E-state index is 13.5. The van der Waals surface area contributed by atoms with Crippen molar-refractivity contribution in [3.05, 3.63) is 61.2 Å². The highest BCUT2D eigenvalue weighted by atomic mass is 79.9. The van der Waals surface area contributed by atoms with Gasteiger partial charge in [-0.05, 0) is 56.1 Å². The first-order valence-corrected chi connectivity index (χ1v) is 7.48. The van der Waals surface area contributed by atoms with Crippen molar-refractivity contribution in [3.63, 3.8) is 0 Å². The van der Waals surface area contributed by atoms with Gasteiger partial charge >= 0.3 is 5.97 Å². The molecule has 2 rings (SSSR count). The van der Waals surface area contributed by atoms with Crippen LogP contribution in [0, 0.1) is 5.82 Å². The van der Waals surface area contributed by atoms with E-state index in [1.165, 1.54) is 18.2 Å². The van der Waals surface area contributed by atoms with Gasteiger partial charge in [-0.2, -0.15) is 0 Å². The van der Waals surface area contributed by atoms with E-state index in [1.54, 1.807) is 18.2 Å². The topological polar surface area (TPSA) is 26.3 Å². The monoisotopic (exact) mass is 450 g/mol. The quantitative estimate of drug-likeness (QED) is 0.454. The zero-order valence-electron chi connectivity index (χ0n) is 9.29. The summed E-state index contributed by atoms with van der Waals surface area (Å²) in [5.74, 6) is -1.06. The second kappa shape index (κ2) is 6.15. The number of halogens is 4. The van der Waals surface area contributed by atoms with Crippen molar-refractivity contribution in [2.24, 2.45) is 0 Å². The third kappa shape index (κ3) is 3.43. The van der Waals surface area contributed by atoms with Gasteiger partial charge in [0.15, 0.2) is 5.75 Å². The molecule has 0 saturated carbocycles. The van der Waals surface area contributed by atoms with Crippen molar-refractivity contribution in [2.75, 3.05) is 0 Å². The Labute approximate surface area is 134 Å². The predicted octanol–water partition coefficient (Wildman–Crippen LogP) is 5.33. The lowest BCUT2D eigenvalue weighted by atomic mass is 10.2. The van der Waals surface area contributed by atoms with Crippen LogP contribution in [-0.2, 0) is 0 Å². The van der Waals surface area contributed by atoms with Crippen LogP contribution in [0.3, 0.4) is 0 Å². The van der Waals surface area contributed by atoms with Crippen LogP contribution in [0.25, 0.3) is 0 Å². The first-order chi connectivity index (χ1) is 8.99. The van der Waals surface area contributed by atoms with Crippen LogP contribution >= 0.6 is 47.8 Å². The molecular weight excluding hydrogens is 447 g/mol. The lowest BCUT2D eigenvalue weighted by molar-refractivity contribution is 0.0727. The van der Waals surface area contributed by atoms with E-state index in [9.17, 15) is 9.18 Å². The Morgan fingerprint density at radius 3 is 2.21 bits per heavy atom. The molecule has 0 aliphatic heterocycles. The minimum Gasteiger partial charge on any atom is -0.420 e. The SMILES string of the molecule is O=C(Oc1c(Br)cc(Br)cc1Br)c1ccccc1F. The maximum Gasteiger partial charge on any atom is 0.346 e. The average molecular weight is 453 g/mol. The number of rotatable bonds is 2. The molecule has 0 atom stereocenters. The Hall–Kier alpha value is -0.720. The number of hydrogen-bond donors (Lipinski definition) is 0. The Morgan fingerprint density at radius 1 is 1.05 bits per heavy atom. The first-order valence-electron chi connectivity index (χ1n) is 5.10. The Morgan fingerprint density at radius 2 is 1.63 bits per heavy atom. The fourth-order valence-corrected chi connectivity index (χ4v) is 3.82. The van der Waals surface area contributed by atoms with Gasteiger partial charge in [-0.1, -0.05) is 28.1 Å². The second-order valence-electron chi connectivity index (χ2n) is 3.57. The third-order valence-corrected chi connectivity index (χ3v) is 3.89. The first kappa shape index (κ1) is 14.7. The third-order valence-electron chi connectivity index (χ3n) is 2.25. The summed E-state index contributed by atoms with van der Waals surface area (Å²) < 4.78 is 20.7. The summed E-state index contributed by atoms with van der Waals surface area (Å²) in [7, 11) is 0. The molecule has 0 unspecified atom stereocenters. The van der Waals surface area contributed by atoms with Gasteiger partial charge in [-0.15, -0.1) is 0 Å². The molecule has 0 bridgehead atoms. The van der Waals surface area contributed by atoms with Crippen LogP contribution in [0.2, 0.25) is 0 Å². The summed E-state index contributed by atoms with van der Waals surface area (Å²) in [5.41, 5.74) is -0.107. The highest BCUT2D eigenvalue weighted by molar-refractivity contribution is 9.11.